The summed E-state index contributed by atoms with van der Waals surface area (Å²) in [5, 5.41) is 16.3. The number of rotatable bonds is 10. The van der Waals surface area contributed by atoms with E-state index in [0.717, 1.165) is 56.0 Å². The van der Waals surface area contributed by atoms with E-state index in [2.05, 4.69) is 51.7 Å². The molecule has 6 heteroatoms. The van der Waals surface area contributed by atoms with Crippen molar-refractivity contribution in [1.29, 1.82) is 0 Å². The zero-order valence-electron chi connectivity index (χ0n) is 18.8. The summed E-state index contributed by atoms with van der Waals surface area (Å²) in [5.74, 6) is 0.923. The predicted octanol–water partition coefficient (Wildman–Crippen LogP) is 4.08. The highest BCUT2D eigenvalue weighted by atomic mass is 16.3. The van der Waals surface area contributed by atoms with Crippen molar-refractivity contribution in [3.05, 3.63) is 71.9 Å². The molecule has 0 saturated carbocycles. The zero-order valence-corrected chi connectivity index (χ0v) is 18.8. The fourth-order valence-corrected chi connectivity index (χ4v) is 4.20. The molecular formula is C26H33N5O. The largest absolute Gasteiger partial charge is 0.508 e. The van der Waals surface area contributed by atoms with Crippen LogP contribution in [0.4, 0.5) is 5.95 Å². The molecule has 1 aromatic heterocycles. The summed E-state index contributed by atoms with van der Waals surface area (Å²) < 4.78 is 0. The van der Waals surface area contributed by atoms with Crippen molar-refractivity contribution in [3.63, 3.8) is 0 Å². The Morgan fingerprint density at radius 2 is 2.00 bits per heavy atom. The first-order chi connectivity index (χ1) is 15.7. The van der Waals surface area contributed by atoms with Crippen LogP contribution in [0.15, 0.2) is 60.8 Å². The van der Waals surface area contributed by atoms with Crippen LogP contribution in [0.25, 0.3) is 11.3 Å². The number of benzene rings is 2. The van der Waals surface area contributed by atoms with Crippen LogP contribution in [0, 0.1) is 0 Å². The molecule has 32 heavy (non-hydrogen) atoms. The topological polar surface area (TPSA) is 73.3 Å². The minimum Gasteiger partial charge on any atom is -0.508 e. The zero-order chi connectivity index (χ0) is 22.2. The maximum Gasteiger partial charge on any atom is 0.223 e. The highest BCUT2D eigenvalue weighted by Gasteiger charge is 2.17. The molecule has 0 aliphatic carbocycles. The average Bonchev–Trinajstić information content (AvgIpc) is 3.33. The van der Waals surface area contributed by atoms with Crippen molar-refractivity contribution in [1.82, 2.24) is 20.2 Å². The molecule has 1 aliphatic rings. The molecule has 4 rings (SSSR count). The summed E-state index contributed by atoms with van der Waals surface area (Å²) in [5.41, 5.74) is 4.51. The van der Waals surface area contributed by atoms with Gasteiger partial charge in [0.25, 0.3) is 0 Å². The lowest BCUT2D eigenvalue weighted by atomic mass is 10.1. The molecule has 2 aromatic carbocycles. The van der Waals surface area contributed by atoms with Gasteiger partial charge in [0.2, 0.25) is 5.95 Å². The summed E-state index contributed by atoms with van der Waals surface area (Å²) in [6, 6.07) is 18.5. The summed E-state index contributed by atoms with van der Waals surface area (Å²) >= 11 is 0. The van der Waals surface area contributed by atoms with E-state index >= 15 is 0 Å². The van der Waals surface area contributed by atoms with Gasteiger partial charge in [0.15, 0.2) is 0 Å². The van der Waals surface area contributed by atoms with Crippen molar-refractivity contribution in [2.75, 3.05) is 31.5 Å². The normalized spacial score (nSPS) is 15.9. The van der Waals surface area contributed by atoms with Gasteiger partial charge in [0.05, 0.1) is 5.69 Å². The van der Waals surface area contributed by atoms with Crippen molar-refractivity contribution < 1.29 is 5.11 Å². The quantitative estimate of drug-likeness (QED) is 0.449. The molecule has 1 fully saturated rings. The van der Waals surface area contributed by atoms with Gasteiger partial charge >= 0.3 is 0 Å². The Balaban J connectivity index is 1.37. The number of hydrogen-bond donors (Lipinski definition) is 3. The highest BCUT2D eigenvalue weighted by Crippen LogP contribution is 2.20. The molecule has 1 atom stereocenters. The van der Waals surface area contributed by atoms with Crippen LogP contribution in [-0.4, -0.2) is 52.2 Å². The maximum atomic E-state index is 9.40. The fraction of sp³-hybridized carbons (Fsp3) is 0.385. The first-order valence-corrected chi connectivity index (χ1v) is 11.6. The standard InChI is InChI=1S/C26H33N5O/c1-2-31(19-23-7-4-14-27-23)18-21-5-3-6-22(17-21)25-13-16-29-26(30-25)28-15-12-20-8-10-24(32)11-9-20/h3,5-6,8-11,13,16-17,23,27,32H,2,4,7,12,14-15,18-19H2,1H3,(H,28,29,30)/t23-/m1/s1. The van der Waals surface area contributed by atoms with E-state index in [0.29, 0.717) is 12.0 Å². The van der Waals surface area contributed by atoms with Crippen molar-refractivity contribution in [3.8, 4) is 17.0 Å². The molecule has 0 bridgehead atoms. The molecule has 6 nitrogen and oxygen atoms in total. The van der Waals surface area contributed by atoms with E-state index in [-0.39, 0.29) is 5.75 Å². The van der Waals surface area contributed by atoms with Crippen LogP contribution in [-0.2, 0) is 13.0 Å². The summed E-state index contributed by atoms with van der Waals surface area (Å²) in [6.07, 6.45) is 5.21. The van der Waals surface area contributed by atoms with Crippen LogP contribution < -0.4 is 10.6 Å². The molecule has 2 heterocycles. The molecule has 1 saturated heterocycles. The number of aromatic hydroxyl groups is 1. The Kier molecular flexibility index (Phi) is 7.69. The van der Waals surface area contributed by atoms with Crippen molar-refractivity contribution in [2.24, 2.45) is 0 Å². The van der Waals surface area contributed by atoms with Crippen LogP contribution in [0.5, 0.6) is 5.75 Å². The van der Waals surface area contributed by atoms with Crippen molar-refractivity contribution in [2.45, 2.75) is 38.8 Å². The predicted molar refractivity (Wildman–Crippen MR) is 130 cm³/mol. The summed E-state index contributed by atoms with van der Waals surface area (Å²) in [7, 11) is 0. The van der Waals surface area contributed by atoms with Gasteiger partial charge in [-0.1, -0.05) is 37.3 Å². The number of likely N-dealkylation sites (N-methyl/N-ethyl adjacent to an activating group) is 1. The molecule has 0 radical (unpaired) electrons. The molecule has 0 unspecified atom stereocenters. The molecule has 3 aromatic rings. The third-order valence-electron chi connectivity index (χ3n) is 6.01. The lowest BCUT2D eigenvalue weighted by Crippen LogP contribution is -2.37. The summed E-state index contributed by atoms with van der Waals surface area (Å²) in [6.45, 7) is 7.21. The fourth-order valence-electron chi connectivity index (χ4n) is 4.20. The van der Waals surface area contributed by atoms with Crippen molar-refractivity contribution >= 4 is 5.95 Å². The Morgan fingerprint density at radius 1 is 1.12 bits per heavy atom. The lowest BCUT2D eigenvalue weighted by Gasteiger charge is -2.24. The second-order valence-electron chi connectivity index (χ2n) is 8.43. The van der Waals surface area contributed by atoms with Gasteiger partial charge in [-0.3, -0.25) is 4.90 Å². The number of phenols is 1. The van der Waals surface area contributed by atoms with Crippen LogP contribution in [0.1, 0.15) is 30.9 Å². The maximum absolute atomic E-state index is 9.40. The second-order valence-corrected chi connectivity index (χ2v) is 8.43. The number of aromatic nitrogens is 2. The van der Waals surface area contributed by atoms with Gasteiger partial charge in [-0.25, -0.2) is 9.97 Å². The van der Waals surface area contributed by atoms with Gasteiger partial charge < -0.3 is 15.7 Å². The third kappa shape index (κ3) is 6.28. The molecule has 3 N–H and O–H groups in total. The van der Waals surface area contributed by atoms with E-state index in [4.69, 9.17) is 4.98 Å². The number of anilines is 1. The minimum atomic E-state index is 0.289. The Morgan fingerprint density at radius 3 is 2.78 bits per heavy atom. The molecule has 168 valence electrons. The monoisotopic (exact) mass is 431 g/mol. The van der Waals surface area contributed by atoms with Gasteiger partial charge in [-0.05, 0) is 67.7 Å². The molecule has 1 aliphatic heterocycles. The van der Waals surface area contributed by atoms with Gasteiger partial charge in [-0.2, -0.15) is 0 Å². The number of phenolic OH excluding ortho intramolecular Hbond substituents is 1. The van der Waals surface area contributed by atoms with E-state index in [1.54, 1.807) is 12.1 Å². The van der Waals surface area contributed by atoms with E-state index in [1.165, 1.54) is 18.4 Å². The first kappa shape index (κ1) is 22.2. The SMILES string of the molecule is CCN(Cc1cccc(-c2ccnc(NCCc3ccc(O)cc3)n2)c1)C[C@H]1CCCN1. The smallest absolute Gasteiger partial charge is 0.223 e. The van der Waals surface area contributed by atoms with Gasteiger partial charge in [0.1, 0.15) is 5.75 Å². The van der Waals surface area contributed by atoms with Crippen LogP contribution in [0.3, 0.4) is 0 Å². The average molecular weight is 432 g/mol. The third-order valence-corrected chi connectivity index (χ3v) is 6.01. The van der Waals surface area contributed by atoms with Crippen LogP contribution in [0.2, 0.25) is 0 Å². The van der Waals surface area contributed by atoms with Gasteiger partial charge in [0, 0.05) is 37.4 Å². The number of hydrogen-bond acceptors (Lipinski definition) is 6. The molecular weight excluding hydrogens is 398 g/mol. The summed E-state index contributed by atoms with van der Waals surface area (Å²) in [4.78, 5) is 11.6. The molecule has 0 amide bonds. The number of nitrogens with one attached hydrogen (secondary N) is 2. The first-order valence-electron chi connectivity index (χ1n) is 11.6. The van der Waals surface area contributed by atoms with E-state index in [9.17, 15) is 5.11 Å². The molecule has 0 spiro atoms. The lowest BCUT2D eigenvalue weighted by molar-refractivity contribution is 0.253. The Hall–Kier alpha value is -2.96. The van der Waals surface area contributed by atoms with Crippen LogP contribution >= 0.6 is 0 Å². The number of nitrogens with zero attached hydrogens (tertiary/aromatic N) is 3. The Bertz CT molecular complexity index is 986. The highest BCUT2D eigenvalue weighted by molar-refractivity contribution is 5.60. The minimum absolute atomic E-state index is 0.289. The van der Waals surface area contributed by atoms with E-state index in [1.807, 2.05) is 24.4 Å². The van der Waals surface area contributed by atoms with Gasteiger partial charge in [-0.15, -0.1) is 0 Å². The second kappa shape index (κ2) is 11.1. The van der Waals surface area contributed by atoms with E-state index < -0.39 is 0 Å². The Labute approximate surface area is 190 Å².